The number of rotatable bonds is 4. The minimum atomic E-state index is -4.62. The van der Waals surface area contributed by atoms with Crippen LogP contribution in [0.4, 0.5) is 30.4 Å². The lowest BCUT2D eigenvalue weighted by Gasteiger charge is -2.12. The van der Waals surface area contributed by atoms with E-state index in [0.717, 1.165) is 12.1 Å². The first-order valence-corrected chi connectivity index (χ1v) is 8.52. The van der Waals surface area contributed by atoms with Gasteiger partial charge >= 0.3 is 6.18 Å². The van der Waals surface area contributed by atoms with Crippen molar-refractivity contribution in [2.45, 2.75) is 6.18 Å². The number of alkyl halides is 3. The molecule has 10 heteroatoms. The molecule has 0 spiro atoms. The van der Waals surface area contributed by atoms with E-state index in [1.807, 2.05) is 0 Å². The Labute approximate surface area is 167 Å². The van der Waals surface area contributed by atoms with Crippen LogP contribution in [0.3, 0.4) is 0 Å². The van der Waals surface area contributed by atoms with E-state index in [1.54, 1.807) is 24.3 Å². The number of carbonyl (C=O) groups is 1. The van der Waals surface area contributed by atoms with Crippen LogP contribution in [0.15, 0.2) is 54.6 Å². The fourth-order valence-electron chi connectivity index (χ4n) is 2.26. The standard InChI is InChI=1S/C18H11Cl2F3N4O/c19-14-6-5-12(9-13(14)18(21,22)23)25-17(28)10-1-3-11(4-2-10)24-16-8-7-15(20)26-27-16/h1-9H,(H,24,27)(H,25,28). The maximum atomic E-state index is 12.9. The van der Waals surface area contributed by atoms with Gasteiger partial charge in [-0.1, -0.05) is 23.2 Å². The van der Waals surface area contributed by atoms with Gasteiger partial charge in [-0.25, -0.2) is 0 Å². The van der Waals surface area contributed by atoms with E-state index in [4.69, 9.17) is 23.2 Å². The summed E-state index contributed by atoms with van der Waals surface area (Å²) < 4.78 is 38.7. The molecule has 0 atom stereocenters. The van der Waals surface area contributed by atoms with Crippen molar-refractivity contribution in [3.63, 3.8) is 0 Å². The van der Waals surface area contributed by atoms with Gasteiger partial charge in [-0.3, -0.25) is 4.79 Å². The van der Waals surface area contributed by atoms with Crippen LogP contribution in [-0.4, -0.2) is 16.1 Å². The average molecular weight is 427 g/mol. The highest BCUT2D eigenvalue weighted by Gasteiger charge is 2.33. The van der Waals surface area contributed by atoms with Crippen LogP contribution >= 0.6 is 23.2 Å². The molecule has 1 heterocycles. The molecule has 0 bridgehead atoms. The van der Waals surface area contributed by atoms with Crippen molar-refractivity contribution in [1.29, 1.82) is 0 Å². The van der Waals surface area contributed by atoms with Gasteiger partial charge in [-0.15, -0.1) is 10.2 Å². The Kier molecular flexibility index (Phi) is 5.71. The molecule has 0 aliphatic rings. The highest BCUT2D eigenvalue weighted by Crippen LogP contribution is 2.36. The molecule has 3 aromatic rings. The molecule has 0 aliphatic heterocycles. The monoisotopic (exact) mass is 426 g/mol. The fourth-order valence-corrected chi connectivity index (χ4v) is 2.58. The number of halogens is 5. The first kappa shape index (κ1) is 19.9. The van der Waals surface area contributed by atoms with E-state index in [-0.39, 0.29) is 16.4 Å². The molecule has 0 fully saturated rings. The summed E-state index contributed by atoms with van der Waals surface area (Å²) in [6.07, 6.45) is -4.62. The van der Waals surface area contributed by atoms with E-state index >= 15 is 0 Å². The van der Waals surface area contributed by atoms with Gasteiger partial charge in [0.25, 0.3) is 5.91 Å². The van der Waals surface area contributed by atoms with Crippen LogP contribution in [0, 0.1) is 0 Å². The highest BCUT2D eigenvalue weighted by atomic mass is 35.5. The number of benzene rings is 2. The molecule has 0 saturated carbocycles. The number of nitrogens with one attached hydrogen (secondary N) is 2. The number of nitrogens with zero attached hydrogens (tertiary/aromatic N) is 2. The smallest absolute Gasteiger partial charge is 0.339 e. The zero-order valence-corrected chi connectivity index (χ0v) is 15.4. The molecule has 1 amide bonds. The number of hydrogen-bond donors (Lipinski definition) is 2. The molecule has 0 unspecified atom stereocenters. The molecule has 0 saturated heterocycles. The lowest BCUT2D eigenvalue weighted by Crippen LogP contribution is -2.13. The second-order valence-corrected chi connectivity index (χ2v) is 6.38. The van der Waals surface area contributed by atoms with Crippen LogP contribution in [0.25, 0.3) is 0 Å². The largest absolute Gasteiger partial charge is 0.417 e. The van der Waals surface area contributed by atoms with Crippen LogP contribution in [-0.2, 0) is 6.18 Å². The van der Waals surface area contributed by atoms with Crippen LogP contribution in [0.2, 0.25) is 10.2 Å². The van der Waals surface area contributed by atoms with Crippen molar-refractivity contribution in [2.24, 2.45) is 0 Å². The van der Waals surface area contributed by atoms with Gasteiger partial charge in [0.15, 0.2) is 11.0 Å². The predicted octanol–water partition coefficient (Wildman–Crippen LogP) is 5.80. The normalized spacial score (nSPS) is 11.2. The van der Waals surface area contributed by atoms with Crippen LogP contribution in [0.5, 0.6) is 0 Å². The third-order valence-electron chi connectivity index (χ3n) is 3.58. The summed E-state index contributed by atoms with van der Waals surface area (Å²) in [6.45, 7) is 0. The molecule has 28 heavy (non-hydrogen) atoms. The third-order valence-corrected chi connectivity index (χ3v) is 4.11. The minimum Gasteiger partial charge on any atom is -0.339 e. The Morgan fingerprint density at radius 2 is 1.57 bits per heavy atom. The van der Waals surface area contributed by atoms with Crippen molar-refractivity contribution in [1.82, 2.24) is 10.2 Å². The Balaban J connectivity index is 1.70. The second-order valence-electron chi connectivity index (χ2n) is 5.59. The van der Waals surface area contributed by atoms with E-state index < -0.39 is 22.7 Å². The van der Waals surface area contributed by atoms with E-state index in [1.165, 1.54) is 18.2 Å². The van der Waals surface area contributed by atoms with E-state index in [2.05, 4.69) is 20.8 Å². The van der Waals surface area contributed by atoms with E-state index in [9.17, 15) is 18.0 Å². The number of hydrogen-bond acceptors (Lipinski definition) is 4. The summed E-state index contributed by atoms with van der Waals surface area (Å²) in [5, 5.41) is 12.8. The fraction of sp³-hybridized carbons (Fsp3) is 0.0556. The summed E-state index contributed by atoms with van der Waals surface area (Å²) in [5.74, 6) is -0.101. The van der Waals surface area contributed by atoms with Crippen LogP contribution in [0.1, 0.15) is 15.9 Å². The van der Waals surface area contributed by atoms with Crippen molar-refractivity contribution < 1.29 is 18.0 Å². The summed E-state index contributed by atoms with van der Waals surface area (Å²) in [7, 11) is 0. The Bertz CT molecular complexity index is 993. The molecular weight excluding hydrogens is 416 g/mol. The van der Waals surface area contributed by atoms with Gasteiger partial charge < -0.3 is 10.6 Å². The molecule has 2 aromatic carbocycles. The van der Waals surface area contributed by atoms with Crippen molar-refractivity contribution in [2.75, 3.05) is 10.6 Å². The summed E-state index contributed by atoms with van der Waals surface area (Å²) >= 11 is 11.2. The maximum Gasteiger partial charge on any atom is 0.417 e. The molecule has 0 radical (unpaired) electrons. The van der Waals surface area contributed by atoms with Gasteiger partial charge in [-0.2, -0.15) is 13.2 Å². The molecular formula is C18H11Cl2F3N4O. The topological polar surface area (TPSA) is 66.9 Å². The lowest BCUT2D eigenvalue weighted by molar-refractivity contribution is -0.137. The van der Waals surface area contributed by atoms with Gasteiger partial charge in [0.05, 0.1) is 10.6 Å². The molecule has 3 rings (SSSR count). The highest BCUT2D eigenvalue weighted by molar-refractivity contribution is 6.31. The van der Waals surface area contributed by atoms with Crippen molar-refractivity contribution in [3.8, 4) is 0 Å². The second kappa shape index (κ2) is 8.04. The molecule has 1 aromatic heterocycles. The van der Waals surface area contributed by atoms with Crippen molar-refractivity contribution in [3.05, 3.63) is 75.9 Å². The van der Waals surface area contributed by atoms with Crippen LogP contribution < -0.4 is 10.6 Å². The van der Waals surface area contributed by atoms with E-state index in [0.29, 0.717) is 11.5 Å². The quantitative estimate of drug-likeness (QED) is 0.553. The predicted molar refractivity (Wildman–Crippen MR) is 101 cm³/mol. The number of anilines is 3. The Hall–Kier alpha value is -2.84. The van der Waals surface area contributed by atoms with Gasteiger partial charge in [0.1, 0.15) is 0 Å². The van der Waals surface area contributed by atoms with Gasteiger partial charge in [0, 0.05) is 16.9 Å². The van der Waals surface area contributed by atoms with Gasteiger partial charge in [-0.05, 0) is 54.6 Å². The Morgan fingerprint density at radius 3 is 2.18 bits per heavy atom. The van der Waals surface area contributed by atoms with Crippen molar-refractivity contribution >= 4 is 46.3 Å². The maximum absolute atomic E-state index is 12.9. The SMILES string of the molecule is O=C(Nc1ccc(Cl)c(C(F)(F)F)c1)c1ccc(Nc2ccc(Cl)nn2)cc1. The first-order valence-electron chi connectivity index (χ1n) is 7.77. The summed E-state index contributed by atoms with van der Waals surface area (Å²) in [6, 6.07) is 12.6. The molecule has 144 valence electrons. The minimum absolute atomic E-state index is 0.0136. The number of aromatic nitrogens is 2. The zero-order chi connectivity index (χ0) is 20.3. The average Bonchev–Trinajstić information content (AvgIpc) is 2.65. The Morgan fingerprint density at radius 1 is 0.893 bits per heavy atom. The third kappa shape index (κ3) is 4.90. The summed E-state index contributed by atoms with van der Waals surface area (Å²) in [5.41, 5.74) is -0.133. The summed E-state index contributed by atoms with van der Waals surface area (Å²) in [4.78, 5) is 12.3. The number of amides is 1. The lowest BCUT2D eigenvalue weighted by atomic mass is 10.1. The molecule has 5 nitrogen and oxygen atoms in total. The first-order chi connectivity index (χ1) is 13.2. The number of carbonyl (C=O) groups excluding carboxylic acids is 1. The van der Waals surface area contributed by atoms with Gasteiger partial charge in [0.2, 0.25) is 0 Å². The molecule has 2 N–H and O–H groups in total. The molecule has 0 aliphatic carbocycles. The zero-order valence-electron chi connectivity index (χ0n) is 13.9.